The van der Waals surface area contributed by atoms with Gasteiger partial charge in [0, 0.05) is 24.4 Å². The van der Waals surface area contributed by atoms with Gasteiger partial charge in [0.25, 0.3) is 12.2 Å². The summed E-state index contributed by atoms with van der Waals surface area (Å²) in [6.07, 6.45) is -1.47. The first-order valence-corrected chi connectivity index (χ1v) is 14.2. The molecular formula is C29H20F2N4O7S. The Bertz CT molecular complexity index is 1890. The van der Waals surface area contributed by atoms with Crippen molar-refractivity contribution in [1.82, 2.24) is 14.6 Å². The van der Waals surface area contributed by atoms with Crippen molar-refractivity contribution in [3.8, 4) is 27.4 Å². The van der Waals surface area contributed by atoms with Crippen molar-refractivity contribution in [1.29, 1.82) is 0 Å². The van der Waals surface area contributed by atoms with Crippen molar-refractivity contribution in [2.75, 3.05) is 31.4 Å². The Kier molecular flexibility index (Phi) is 5.78. The van der Waals surface area contributed by atoms with Crippen LogP contribution in [-0.4, -0.2) is 65.4 Å². The molecule has 2 aromatic heterocycles. The minimum Gasteiger partial charge on any atom is -0.444 e. The van der Waals surface area contributed by atoms with E-state index in [0.29, 0.717) is 16.1 Å². The van der Waals surface area contributed by atoms with Crippen molar-refractivity contribution in [3.63, 3.8) is 0 Å². The first-order chi connectivity index (χ1) is 20.9. The molecule has 43 heavy (non-hydrogen) atoms. The molecule has 4 aromatic rings. The molecule has 2 saturated heterocycles. The number of carbonyl (C=O) groups excluding carboxylic acids is 2. The molecule has 0 bridgehead atoms. The van der Waals surface area contributed by atoms with Crippen molar-refractivity contribution in [2.24, 2.45) is 0 Å². The van der Waals surface area contributed by atoms with Gasteiger partial charge in [-0.25, -0.2) is 18.6 Å². The average Bonchev–Trinajstić information content (AvgIpc) is 3.64. The van der Waals surface area contributed by atoms with Crippen LogP contribution >= 0.6 is 11.3 Å². The minimum atomic E-state index is -1.24. The van der Waals surface area contributed by atoms with Gasteiger partial charge in [-0.1, -0.05) is 30.3 Å². The van der Waals surface area contributed by atoms with E-state index in [-0.39, 0.29) is 43.4 Å². The number of benzene rings is 2. The molecule has 1 aliphatic carbocycles. The van der Waals surface area contributed by atoms with Gasteiger partial charge >= 0.3 is 6.16 Å². The molecule has 0 radical (unpaired) electrons. The Labute approximate surface area is 245 Å². The topological polar surface area (TPSA) is 112 Å². The van der Waals surface area contributed by atoms with Crippen LogP contribution < -0.4 is 15.2 Å². The van der Waals surface area contributed by atoms with Crippen LogP contribution in [-0.2, 0) is 14.2 Å². The number of ether oxygens (including phenoxy) is 4. The Balaban J connectivity index is 1.41. The van der Waals surface area contributed by atoms with Crippen LogP contribution in [0.1, 0.15) is 27.7 Å². The van der Waals surface area contributed by atoms with Crippen molar-refractivity contribution >= 4 is 23.4 Å². The summed E-state index contributed by atoms with van der Waals surface area (Å²) in [4.78, 5) is 45.4. The van der Waals surface area contributed by atoms with Gasteiger partial charge in [-0.2, -0.15) is 0 Å². The lowest BCUT2D eigenvalue weighted by Crippen LogP contribution is -2.66. The number of hydrogen-bond donors (Lipinski definition) is 0. The zero-order valence-corrected chi connectivity index (χ0v) is 22.9. The molecule has 3 atom stereocenters. The van der Waals surface area contributed by atoms with Crippen LogP contribution in [0.3, 0.4) is 0 Å². The highest BCUT2D eigenvalue weighted by Crippen LogP contribution is 2.50. The molecular weight excluding hydrogens is 586 g/mol. The summed E-state index contributed by atoms with van der Waals surface area (Å²) >= 11 is 1.31. The quantitative estimate of drug-likeness (QED) is 0.323. The number of morpholine rings is 1. The number of aromatic nitrogens is 2. The highest BCUT2D eigenvalue weighted by Gasteiger charge is 2.47. The second kappa shape index (κ2) is 9.61. The average molecular weight is 607 g/mol. The number of cyclic esters (lactones) is 2. The van der Waals surface area contributed by atoms with Crippen LogP contribution in [0.25, 0.3) is 21.7 Å². The fourth-order valence-electron chi connectivity index (χ4n) is 6.18. The lowest BCUT2D eigenvalue weighted by atomic mass is 9.92. The third kappa shape index (κ3) is 3.79. The predicted molar refractivity (Wildman–Crippen MR) is 146 cm³/mol. The fourth-order valence-corrected chi connectivity index (χ4v) is 7.02. The largest absolute Gasteiger partial charge is 0.511 e. The van der Waals surface area contributed by atoms with E-state index in [1.54, 1.807) is 10.4 Å². The molecule has 2 aromatic carbocycles. The lowest BCUT2D eigenvalue weighted by molar-refractivity contribution is -0.0226. The predicted octanol–water partition coefficient (Wildman–Crippen LogP) is 3.64. The monoisotopic (exact) mass is 606 g/mol. The minimum absolute atomic E-state index is 0.00622. The normalized spacial score (nSPS) is 22.0. The second-order valence-electron chi connectivity index (χ2n) is 10.2. The van der Waals surface area contributed by atoms with Gasteiger partial charge < -0.3 is 23.8 Å². The highest BCUT2D eigenvalue weighted by molar-refractivity contribution is 7.13. The highest BCUT2D eigenvalue weighted by atomic mass is 32.1. The lowest BCUT2D eigenvalue weighted by Gasteiger charge is -2.51. The number of carbonyl (C=O) groups is 2. The van der Waals surface area contributed by atoms with E-state index in [1.165, 1.54) is 34.3 Å². The third-order valence-electron chi connectivity index (χ3n) is 7.96. The maximum atomic E-state index is 15.8. The van der Waals surface area contributed by atoms with E-state index < -0.39 is 47.6 Å². The van der Waals surface area contributed by atoms with Crippen molar-refractivity contribution < 1.29 is 37.3 Å². The molecule has 4 aliphatic rings. The van der Waals surface area contributed by atoms with E-state index in [2.05, 4.69) is 4.98 Å². The molecule has 0 N–H and O–H groups in total. The number of pyridine rings is 1. The van der Waals surface area contributed by atoms with E-state index in [9.17, 15) is 18.8 Å². The fraction of sp³-hybridized carbons (Fsp3) is 0.241. The maximum absolute atomic E-state index is 15.8. The van der Waals surface area contributed by atoms with E-state index in [0.717, 1.165) is 17.2 Å². The summed E-state index contributed by atoms with van der Waals surface area (Å²) in [7, 11) is 0. The first kappa shape index (κ1) is 25.9. The summed E-state index contributed by atoms with van der Waals surface area (Å²) < 4.78 is 53.5. The number of nitrogens with zero attached hydrogens (tertiary/aromatic N) is 4. The van der Waals surface area contributed by atoms with Gasteiger partial charge in [0.2, 0.25) is 11.2 Å². The van der Waals surface area contributed by atoms with Gasteiger partial charge in [0.1, 0.15) is 6.17 Å². The van der Waals surface area contributed by atoms with Crippen LogP contribution in [0.2, 0.25) is 0 Å². The number of fused-ring (bicyclic) bond motifs is 7. The van der Waals surface area contributed by atoms with Gasteiger partial charge in [0.05, 0.1) is 35.3 Å². The van der Waals surface area contributed by atoms with E-state index >= 15 is 4.39 Å². The Morgan fingerprint density at radius 1 is 1.02 bits per heavy atom. The summed E-state index contributed by atoms with van der Waals surface area (Å²) in [5.74, 6) is -2.90. The molecule has 218 valence electrons. The molecule has 5 heterocycles. The molecule has 3 aliphatic heterocycles. The number of amides is 1. The summed E-state index contributed by atoms with van der Waals surface area (Å²) in [6, 6.07) is 10.5. The van der Waals surface area contributed by atoms with Crippen molar-refractivity contribution in [2.45, 2.75) is 18.5 Å². The molecule has 0 saturated carbocycles. The molecule has 14 heteroatoms. The first-order valence-electron chi connectivity index (χ1n) is 13.4. The number of thiazole rings is 1. The van der Waals surface area contributed by atoms with Gasteiger partial charge in [-0.3, -0.25) is 19.3 Å². The SMILES string of the molecule is O=C1OCC(Oc2c3n(ccc2=O)N(C2c4ccccc4-c4scnc4-c4c2ccc(F)c4F)C2COCCN2C3=O)O1. The Hall–Kier alpha value is -4.82. The van der Waals surface area contributed by atoms with Crippen LogP contribution in [0.15, 0.2) is 59.0 Å². The summed E-state index contributed by atoms with van der Waals surface area (Å²) in [6.45, 7) is 0.266. The Morgan fingerprint density at radius 3 is 2.72 bits per heavy atom. The maximum Gasteiger partial charge on any atom is 0.511 e. The van der Waals surface area contributed by atoms with E-state index in [1.807, 2.05) is 29.3 Å². The Morgan fingerprint density at radius 2 is 1.88 bits per heavy atom. The second-order valence-corrected chi connectivity index (χ2v) is 11.1. The van der Waals surface area contributed by atoms with E-state index in [4.69, 9.17) is 18.9 Å². The number of halogens is 2. The molecule has 2 fully saturated rings. The molecule has 11 nitrogen and oxygen atoms in total. The van der Waals surface area contributed by atoms with Gasteiger partial charge in [-0.05, 0) is 22.8 Å². The van der Waals surface area contributed by atoms with Crippen LogP contribution in [0.5, 0.6) is 5.75 Å². The standard InChI is InChI=1S/C29H20F2N4O7S/c30-17-6-5-16-21(22(17)31)23-27(43-13-32-23)15-4-2-1-3-14(15)24(16)35-19-11-39-10-9-33(19)28(37)25-26(18(36)7-8-34(25)35)41-20-12-40-29(38)42-20/h1-8,13,19-20,24H,9-12H2. The third-order valence-corrected chi connectivity index (χ3v) is 8.82. The van der Waals surface area contributed by atoms with Gasteiger partial charge in [0.15, 0.2) is 23.9 Å². The molecule has 8 rings (SSSR count). The van der Waals surface area contributed by atoms with Crippen LogP contribution in [0.4, 0.5) is 13.6 Å². The summed E-state index contributed by atoms with van der Waals surface area (Å²) in [5, 5.41) is 1.81. The number of hydrogen-bond acceptors (Lipinski definition) is 10. The molecule has 0 spiro atoms. The summed E-state index contributed by atoms with van der Waals surface area (Å²) in [5.41, 5.74) is 3.08. The molecule has 3 unspecified atom stereocenters. The van der Waals surface area contributed by atoms with Gasteiger partial charge in [-0.15, -0.1) is 11.3 Å². The molecule has 1 amide bonds. The van der Waals surface area contributed by atoms with Crippen molar-refractivity contribution in [3.05, 3.63) is 92.9 Å². The zero-order chi connectivity index (χ0) is 29.4. The number of rotatable bonds is 3. The zero-order valence-electron chi connectivity index (χ0n) is 22.1. The van der Waals surface area contributed by atoms with Crippen LogP contribution in [0, 0.1) is 11.6 Å². The smallest absolute Gasteiger partial charge is 0.444 e.